The van der Waals surface area contributed by atoms with Gasteiger partial charge in [-0.05, 0) is 31.5 Å². The third-order valence-electron chi connectivity index (χ3n) is 2.73. The third kappa shape index (κ3) is 9.32. The molecule has 0 spiro atoms. The molecule has 1 aromatic carbocycles. The minimum Gasteiger partial charge on any atom is -0.489 e. The van der Waals surface area contributed by atoms with E-state index in [2.05, 4.69) is 15.6 Å². The van der Waals surface area contributed by atoms with Gasteiger partial charge in [-0.25, -0.2) is 0 Å². The van der Waals surface area contributed by atoms with Crippen molar-refractivity contribution in [3.05, 3.63) is 29.3 Å². The molecule has 1 atom stereocenters. The van der Waals surface area contributed by atoms with E-state index in [0.717, 1.165) is 31.3 Å². The molecule has 5 nitrogen and oxygen atoms in total. The van der Waals surface area contributed by atoms with Crippen molar-refractivity contribution < 1.29 is 9.47 Å². The molecule has 0 bridgehead atoms. The summed E-state index contributed by atoms with van der Waals surface area (Å²) >= 11 is 5.93. The molecule has 1 unspecified atom stereocenters. The number of halogens is 2. The van der Waals surface area contributed by atoms with Crippen LogP contribution in [0, 0.1) is 0 Å². The molecule has 0 amide bonds. The number of ether oxygens (including phenoxy) is 2. The topological polar surface area (TPSA) is 54.9 Å². The van der Waals surface area contributed by atoms with E-state index in [1.165, 1.54) is 0 Å². The summed E-state index contributed by atoms with van der Waals surface area (Å²) < 4.78 is 10.8. The Morgan fingerprint density at radius 3 is 2.77 bits per heavy atom. The van der Waals surface area contributed by atoms with Gasteiger partial charge in [0.25, 0.3) is 0 Å². The first-order chi connectivity index (χ1) is 10.2. The number of methoxy groups -OCH3 is 1. The Hall–Kier alpha value is -0.730. The van der Waals surface area contributed by atoms with Gasteiger partial charge in [0.15, 0.2) is 5.96 Å². The van der Waals surface area contributed by atoms with Crippen LogP contribution in [0.1, 0.15) is 13.3 Å². The van der Waals surface area contributed by atoms with E-state index in [4.69, 9.17) is 21.1 Å². The summed E-state index contributed by atoms with van der Waals surface area (Å²) in [6.45, 7) is 4.19. The Morgan fingerprint density at radius 2 is 2.14 bits per heavy atom. The highest BCUT2D eigenvalue weighted by atomic mass is 127. The second kappa shape index (κ2) is 12.8. The Morgan fingerprint density at radius 1 is 1.36 bits per heavy atom. The zero-order chi connectivity index (χ0) is 15.5. The number of rotatable bonds is 8. The van der Waals surface area contributed by atoms with Gasteiger partial charge in [-0.3, -0.25) is 4.99 Å². The Balaban J connectivity index is 0.00000441. The first-order valence-electron chi connectivity index (χ1n) is 7.01. The molecule has 0 radical (unpaired) electrons. The highest BCUT2D eigenvalue weighted by Crippen LogP contribution is 2.18. The van der Waals surface area contributed by atoms with Crippen LogP contribution in [0.4, 0.5) is 0 Å². The van der Waals surface area contributed by atoms with E-state index in [9.17, 15) is 0 Å². The minimum absolute atomic E-state index is 0. The highest BCUT2D eigenvalue weighted by Gasteiger charge is 2.06. The van der Waals surface area contributed by atoms with Crippen LogP contribution in [0.5, 0.6) is 5.75 Å². The molecule has 1 rings (SSSR count). The molecule has 0 fully saturated rings. The molecule has 7 heteroatoms. The lowest BCUT2D eigenvalue weighted by Crippen LogP contribution is -2.42. The molecule has 0 aliphatic rings. The van der Waals surface area contributed by atoms with E-state index < -0.39 is 0 Å². The van der Waals surface area contributed by atoms with Crippen molar-refractivity contribution in [1.29, 1.82) is 0 Å². The number of nitrogens with one attached hydrogen (secondary N) is 2. The SMILES string of the molecule is CN=C(NCCCOC)NCC(C)Oc1cccc(Cl)c1.I. The van der Waals surface area contributed by atoms with Gasteiger partial charge in [0.1, 0.15) is 11.9 Å². The lowest BCUT2D eigenvalue weighted by Gasteiger charge is -2.17. The summed E-state index contributed by atoms with van der Waals surface area (Å²) in [5, 5.41) is 7.11. The average molecular weight is 442 g/mol. The summed E-state index contributed by atoms with van der Waals surface area (Å²) in [5.41, 5.74) is 0. The summed E-state index contributed by atoms with van der Waals surface area (Å²) in [5.74, 6) is 1.52. The molecule has 2 N–H and O–H groups in total. The highest BCUT2D eigenvalue weighted by molar-refractivity contribution is 14.0. The fraction of sp³-hybridized carbons (Fsp3) is 0.533. The standard InChI is InChI=1S/C15H24ClN3O2.HI/c1-12(21-14-7-4-6-13(16)10-14)11-19-15(17-2)18-8-5-9-20-3;/h4,6-7,10,12H,5,8-9,11H2,1-3H3,(H2,17,18,19);1H. The molecule has 0 heterocycles. The number of benzene rings is 1. The van der Waals surface area contributed by atoms with Crippen LogP contribution < -0.4 is 15.4 Å². The van der Waals surface area contributed by atoms with E-state index in [1.807, 2.05) is 25.1 Å². The summed E-state index contributed by atoms with van der Waals surface area (Å²) in [4.78, 5) is 4.16. The number of aliphatic imine (C=N–C) groups is 1. The lowest BCUT2D eigenvalue weighted by atomic mass is 10.3. The van der Waals surface area contributed by atoms with Crippen molar-refractivity contribution in [2.75, 3.05) is 33.9 Å². The quantitative estimate of drug-likeness (QED) is 0.282. The van der Waals surface area contributed by atoms with Gasteiger partial charge < -0.3 is 20.1 Å². The molecule has 1 aromatic rings. The molecule has 22 heavy (non-hydrogen) atoms. The second-order valence-electron chi connectivity index (χ2n) is 4.61. The largest absolute Gasteiger partial charge is 0.489 e. The van der Waals surface area contributed by atoms with Crippen molar-refractivity contribution in [3.63, 3.8) is 0 Å². The molecular weight excluding hydrogens is 417 g/mol. The predicted octanol–water partition coefficient (Wildman–Crippen LogP) is 2.93. The Labute approximate surface area is 154 Å². The molecule has 0 saturated heterocycles. The normalized spacial score (nSPS) is 12.3. The number of hydrogen-bond acceptors (Lipinski definition) is 3. The fourth-order valence-electron chi connectivity index (χ4n) is 1.70. The van der Waals surface area contributed by atoms with Crippen molar-refractivity contribution >= 4 is 41.5 Å². The van der Waals surface area contributed by atoms with E-state index in [-0.39, 0.29) is 30.1 Å². The van der Waals surface area contributed by atoms with Gasteiger partial charge >= 0.3 is 0 Å². The molecule has 0 aliphatic carbocycles. The molecule has 126 valence electrons. The van der Waals surface area contributed by atoms with Gasteiger partial charge in [-0.15, -0.1) is 24.0 Å². The zero-order valence-electron chi connectivity index (χ0n) is 13.3. The summed E-state index contributed by atoms with van der Waals surface area (Å²) in [7, 11) is 3.44. The van der Waals surface area contributed by atoms with E-state index >= 15 is 0 Å². The van der Waals surface area contributed by atoms with Crippen molar-refractivity contribution in [3.8, 4) is 5.75 Å². The van der Waals surface area contributed by atoms with Crippen LogP contribution in [0.25, 0.3) is 0 Å². The van der Waals surface area contributed by atoms with Crippen LogP contribution in [-0.4, -0.2) is 45.9 Å². The maximum Gasteiger partial charge on any atom is 0.191 e. The zero-order valence-corrected chi connectivity index (χ0v) is 16.4. The molecule has 0 aliphatic heterocycles. The molecule has 0 saturated carbocycles. The predicted molar refractivity (Wildman–Crippen MR) is 103 cm³/mol. The maximum atomic E-state index is 5.93. The molecule has 0 aromatic heterocycles. The van der Waals surface area contributed by atoms with Crippen molar-refractivity contribution in [2.24, 2.45) is 4.99 Å². The molecular formula is C15H25ClIN3O2. The van der Waals surface area contributed by atoms with Crippen molar-refractivity contribution in [1.82, 2.24) is 10.6 Å². The number of guanidine groups is 1. The average Bonchev–Trinajstić information content (AvgIpc) is 2.46. The smallest absolute Gasteiger partial charge is 0.191 e. The third-order valence-corrected chi connectivity index (χ3v) is 2.97. The van der Waals surface area contributed by atoms with Crippen LogP contribution in [0.15, 0.2) is 29.3 Å². The van der Waals surface area contributed by atoms with Gasteiger partial charge in [0, 0.05) is 32.3 Å². The number of nitrogens with zero attached hydrogens (tertiary/aromatic N) is 1. The van der Waals surface area contributed by atoms with Gasteiger partial charge in [-0.2, -0.15) is 0 Å². The Bertz CT molecular complexity index is 447. The number of hydrogen-bond donors (Lipinski definition) is 2. The van der Waals surface area contributed by atoms with Crippen LogP contribution in [0.2, 0.25) is 5.02 Å². The monoisotopic (exact) mass is 441 g/mol. The van der Waals surface area contributed by atoms with Gasteiger partial charge in [0.2, 0.25) is 0 Å². The van der Waals surface area contributed by atoms with E-state index in [0.29, 0.717) is 11.6 Å². The minimum atomic E-state index is 0. The van der Waals surface area contributed by atoms with Gasteiger partial charge in [0.05, 0.1) is 6.54 Å². The van der Waals surface area contributed by atoms with E-state index in [1.54, 1.807) is 20.2 Å². The van der Waals surface area contributed by atoms with Crippen LogP contribution in [0.3, 0.4) is 0 Å². The first kappa shape index (κ1) is 21.3. The van der Waals surface area contributed by atoms with Gasteiger partial charge in [-0.1, -0.05) is 17.7 Å². The summed E-state index contributed by atoms with van der Waals surface area (Å²) in [6.07, 6.45) is 0.937. The van der Waals surface area contributed by atoms with Crippen molar-refractivity contribution in [2.45, 2.75) is 19.4 Å². The lowest BCUT2D eigenvalue weighted by molar-refractivity contribution is 0.195. The summed E-state index contributed by atoms with van der Waals surface area (Å²) in [6, 6.07) is 7.38. The van der Waals surface area contributed by atoms with Crippen LogP contribution in [-0.2, 0) is 4.74 Å². The maximum absolute atomic E-state index is 5.93. The fourth-order valence-corrected chi connectivity index (χ4v) is 1.88. The van der Waals surface area contributed by atoms with Crippen LogP contribution >= 0.6 is 35.6 Å². The Kier molecular flexibility index (Phi) is 12.4. The first-order valence-corrected chi connectivity index (χ1v) is 7.39. The second-order valence-corrected chi connectivity index (χ2v) is 5.05.